The topological polar surface area (TPSA) is 57.4 Å². The molecule has 0 saturated heterocycles. The fraction of sp³-hybridized carbons (Fsp3) is 0.278. The highest BCUT2D eigenvalue weighted by atomic mass is 35.5. The molecule has 26 heavy (non-hydrogen) atoms. The molecule has 1 atom stereocenters. The zero-order valence-electron chi connectivity index (χ0n) is 13.6. The predicted molar refractivity (Wildman–Crippen MR) is 91.4 cm³/mol. The summed E-state index contributed by atoms with van der Waals surface area (Å²) in [5, 5.41) is -0.658. The number of allylic oxidation sites excluding steroid dienone is 1. The SMILES string of the molecule is NC=CCC1COc2c(cccc2Oc2ccc(C(F)(F)F)c(Cl)n2)C1. The Hall–Kier alpha value is -2.41. The minimum atomic E-state index is -4.56. The van der Waals surface area contributed by atoms with Gasteiger partial charge in [-0.2, -0.15) is 13.2 Å². The molecular weight excluding hydrogens is 369 g/mol. The quantitative estimate of drug-likeness (QED) is 0.757. The number of hydrogen-bond donors (Lipinski definition) is 1. The standard InChI is InChI=1S/C18H16ClF3N2O2/c19-17-13(18(20,21)22)6-7-15(24-17)26-14-5-1-4-12-9-11(3-2-8-23)10-25-16(12)14/h1-2,4-8,11H,3,9-10,23H2. The minimum absolute atomic E-state index is 0.0341. The Morgan fingerprint density at radius 3 is 2.81 bits per heavy atom. The van der Waals surface area contributed by atoms with Gasteiger partial charge in [-0.05, 0) is 36.7 Å². The predicted octanol–water partition coefficient (Wildman–Crippen LogP) is 4.96. The maximum Gasteiger partial charge on any atom is 0.419 e. The van der Waals surface area contributed by atoms with Crippen LogP contribution in [0.4, 0.5) is 13.2 Å². The number of alkyl halides is 3. The Balaban J connectivity index is 1.81. The van der Waals surface area contributed by atoms with Crippen molar-refractivity contribution in [3.63, 3.8) is 0 Å². The first kappa shape index (κ1) is 18.4. The van der Waals surface area contributed by atoms with Gasteiger partial charge in [0.2, 0.25) is 5.88 Å². The van der Waals surface area contributed by atoms with Gasteiger partial charge in [-0.25, -0.2) is 4.98 Å². The number of hydrogen-bond acceptors (Lipinski definition) is 4. The van der Waals surface area contributed by atoms with Gasteiger partial charge in [-0.3, -0.25) is 0 Å². The van der Waals surface area contributed by atoms with Crippen LogP contribution in [0.5, 0.6) is 17.4 Å². The van der Waals surface area contributed by atoms with Crippen molar-refractivity contribution in [3.8, 4) is 17.4 Å². The highest BCUT2D eigenvalue weighted by molar-refractivity contribution is 6.30. The lowest BCUT2D eigenvalue weighted by Crippen LogP contribution is -2.20. The van der Waals surface area contributed by atoms with Gasteiger partial charge >= 0.3 is 6.18 Å². The number of benzene rings is 1. The molecule has 0 saturated carbocycles. The van der Waals surface area contributed by atoms with Gasteiger partial charge in [0.1, 0.15) is 5.15 Å². The van der Waals surface area contributed by atoms with Crippen molar-refractivity contribution in [2.45, 2.75) is 19.0 Å². The van der Waals surface area contributed by atoms with Gasteiger partial charge in [0.05, 0.1) is 12.2 Å². The fourth-order valence-corrected chi connectivity index (χ4v) is 3.01. The van der Waals surface area contributed by atoms with E-state index in [-0.39, 0.29) is 5.88 Å². The van der Waals surface area contributed by atoms with Gasteiger partial charge in [0.25, 0.3) is 0 Å². The molecular formula is C18H16ClF3N2O2. The summed E-state index contributed by atoms with van der Waals surface area (Å²) < 4.78 is 49.7. The second kappa shape index (κ2) is 7.45. The molecule has 8 heteroatoms. The van der Waals surface area contributed by atoms with Crippen LogP contribution >= 0.6 is 11.6 Å². The van der Waals surface area contributed by atoms with Gasteiger partial charge in [0, 0.05) is 12.0 Å². The van der Waals surface area contributed by atoms with Crippen molar-refractivity contribution in [2.75, 3.05) is 6.61 Å². The monoisotopic (exact) mass is 384 g/mol. The van der Waals surface area contributed by atoms with Crippen LogP contribution in [0.2, 0.25) is 5.15 Å². The van der Waals surface area contributed by atoms with Crippen LogP contribution in [0.1, 0.15) is 17.5 Å². The van der Waals surface area contributed by atoms with E-state index in [4.69, 9.17) is 26.8 Å². The Bertz CT molecular complexity index is 825. The molecule has 0 fully saturated rings. The minimum Gasteiger partial charge on any atom is -0.489 e. The molecule has 1 aromatic carbocycles. The second-order valence-electron chi connectivity index (χ2n) is 5.88. The molecule has 0 radical (unpaired) electrons. The number of halogens is 4. The number of fused-ring (bicyclic) bond motifs is 1. The first-order valence-electron chi connectivity index (χ1n) is 7.91. The summed E-state index contributed by atoms with van der Waals surface area (Å²) in [7, 11) is 0. The Labute approximate surface area is 153 Å². The summed E-state index contributed by atoms with van der Waals surface area (Å²) in [4.78, 5) is 3.68. The van der Waals surface area contributed by atoms with Gasteiger partial charge < -0.3 is 15.2 Å². The summed E-state index contributed by atoms with van der Waals surface area (Å²) in [5.41, 5.74) is 5.32. The van der Waals surface area contributed by atoms with Crippen LogP contribution in [0, 0.1) is 5.92 Å². The van der Waals surface area contributed by atoms with E-state index >= 15 is 0 Å². The molecule has 4 nitrogen and oxygen atoms in total. The van der Waals surface area contributed by atoms with E-state index in [1.54, 1.807) is 12.1 Å². The highest BCUT2D eigenvalue weighted by Gasteiger charge is 2.34. The second-order valence-corrected chi connectivity index (χ2v) is 6.24. The number of pyridine rings is 1. The third-order valence-electron chi connectivity index (χ3n) is 3.98. The molecule has 1 aliphatic rings. The Morgan fingerprint density at radius 2 is 2.12 bits per heavy atom. The number of nitrogens with two attached hydrogens (primary N) is 1. The molecule has 1 aliphatic heterocycles. The molecule has 0 aliphatic carbocycles. The number of aromatic nitrogens is 1. The Kier molecular flexibility index (Phi) is 5.27. The van der Waals surface area contributed by atoms with Crippen molar-refractivity contribution in [1.82, 2.24) is 4.98 Å². The van der Waals surface area contributed by atoms with E-state index < -0.39 is 16.9 Å². The van der Waals surface area contributed by atoms with E-state index in [1.807, 2.05) is 12.1 Å². The van der Waals surface area contributed by atoms with Crippen LogP contribution in [0.25, 0.3) is 0 Å². The molecule has 2 heterocycles. The largest absolute Gasteiger partial charge is 0.489 e. The van der Waals surface area contributed by atoms with Crippen molar-refractivity contribution in [1.29, 1.82) is 0 Å². The van der Waals surface area contributed by atoms with Gasteiger partial charge in [0.15, 0.2) is 11.5 Å². The van der Waals surface area contributed by atoms with E-state index in [9.17, 15) is 13.2 Å². The number of nitrogens with zero attached hydrogens (tertiary/aromatic N) is 1. The van der Waals surface area contributed by atoms with Crippen molar-refractivity contribution in [3.05, 3.63) is 58.9 Å². The lowest BCUT2D eigenvalue weighted by Gasteiger charge is -2.26. The van der Waals surface area contributed by atoms with Gasteiger partial charge in [-0.1, -0.05) is 29.8 Å². The normalized spacial score (nSPS) is 17.0. The van der Waals surface area contributed by atoms with Crippen molar-refractivity contribution >= 4 is 11.6 Å². The zero-order valence-corrected chi connectivity index (χ0v) is 14.3. The fourth-order valence-electron chi connectivity index (χ4n) is 2.76. The molecule has 2 N–H and O–H groups in total. The van der Waals surface area contributed by atoms with Crippen LogP contribution in [0.3, 0.4) is 0 Å². The van der Waals surface area contributed by atoms with E-state index in [1.165, 1.54) is 6.20 Å². The molecule has 0 amide bonds. The molecule has 1 unspecified atom stereocenters. The molecule has 1 aromatic heterocycles. The maximum atomic E-state index is 12.8. The summed E-state index contributed by atoms with van der Waals surface area (Å²) in [5.74, 6) is 1.22. The third kappa shape index (κ3) is 4.04. The first-order valence-corrected chi connectivity index (χ1v) is 8.29. The lowest BCUT2D eigenvalue weighted by molar-refractivity contribution is -0.137. The van der Waals surface area contributed by atoms with E-state index in [0.29, 0.717) is 24.0 Å². The van der Waals surface area contributed by atoms with Gasteiger partial charge in [-0.15, -0.1) is 0 Å². The van der Waals surface area contributed by atoms with Crippen LogP contribution < -0.4 is 15.2 Å². The molecule has 3 rings (SSSR count). The van der Waals surface area contributed by atoms with E-state index in [0.717, 1.165) is 30.5 Å². The first-order chi connectivity index (χ1) is 12.4. The summed E-state index contributed by atoms with van der Waals surface area (Å²) >= 11 is 5.63. The highest BCUT2D eigenvalue weighted by Crippen LogP contribution is 2.40. The average Bonchev–Trinajstić information content (AvgIpc) is 2.59. The van der Waals surface area contributed by atoms with Crippen LogP contribution in [-0.4, -0.2) is 11.6 Å². The summed E-state index contributed by atoms with van der Waals surface area (Å²) in [6, 6.07) is 7.37. The van der Waals surface area contributed by atoms with Crippen LogP contribution in [-0.2, 0) is 12.6 Å². The third-order valence-corrected chi connectivity index (χ3v) is 4.27. The Morgan fingerprint density at radius 1 is 1.31 bits per heavy atom. The molecule has 0 spiro atoms. The molecule has 0 bridgehead atoms. The summed E-state index contributed by atoms with van der Waals surface area (Å²) in [6.07, 6.45) is 0.419. The molecule has 2 aromatic rings. The number of ether oxygens (including phenoxy) is 2. The summed E-state index contributed by atoms with van der Waals surface area (Å²) in [6.45, 7) is 0.499. The number of rotatable bonds is 4. The van der Waals surface area contributed by atoms with Crippen LogP contribution in [0.15, 0.2) is 42.6 Å². The average molecular weight is 385 g/mol. The zero-order chi connectivity index (χ0) is 18.7. The number of para-hydroxylation sites is 1. The maximum absolute atomic E-state index is 12.8. The smallest absolute Gasteiger partial charge is 0.419 e. The molecule has 138 valence electrons. The lowest BCUT2D eigenvalue weighted by atomic mass is 9.94. The van der Waals surface area contributed by atoms with Crippen molar-refractivity contribution in [2.24, 2.45) is 11.7 Å². The van der Waals surface area contributed by atoms with E-state index in [2.05, 4.69) is 4.98 Å². The van der Waals surface area contributed by atoms with Crippen molar-refractivity contribution < 1.29 is 22.6 Å².